The molecule has 2 unspecified atom stereocenters. The van der Waals surface area contributed by atoms with Gasteiger partial charge in [0.2, 0.25) is 0 Å². The monoisotopic (exact) mass is 575 g/mol. The van der Waals surface area contributed by atoms with Crippen molar-refractivity contribution in [1.29, 1.82) is 0 Å². The average Bonchev–Trinajstić information content (AvgIpc) is 3.52. The molecule has 2 heteroatoms. The molecule has 0 N–H and O–H groups in total. The summed E-state index contributed by atoms with van der Waals surface area (Å²) in [5.41, 5.74) is 12.4. The van der Waals surface area contributed by atoms with Gasteiger partial charge < -0.3 is 4.90 Å². The van der Waals surface area contributed by atoms with Gasteiger partial charge in [-0.1, -0.05) is 112 Å². The molecule has 0 saturated carbocycles. The molecule has 0 saturated heterocycles. The molecule has 212 valence electrons. The summed E-state index contributed by atoms with van der Waals surface area (Å²) >= 11 is 1.98. The Morgan fingerprint density at radius 2 is 1.53 bits per heavy atom. The molecule has 1 nitrogen and oxygen atoms in total. The van der Waals surface area contributed by atoms with Crippen LogP contribution in [0.15, 0.2) is 127 Å². The number of rotatable bonds is 4. The summed E-state index contributed by atoms with van der Waals surface area (Å²) in [6, 6.07) is 36.2. The minimum atomic E-state index is -0.0281. The van der Waals surface area contributed by atoms with Gasteiger partial charge in [0, 0.05) is 37.5 Å². The number of allylic oxidation sites excluding steroid dienone is 5. The highest BCUT2D eigenvalue weighted by molar-refractivity contribution is 7.20. The topological polar surface area (TPSA) is 3.24 Å². The van der Waals surface area contributed by atoms with E-state index < -0.39 is 0 Å². The smallest absolute Gasteiger partial charge is 0.0465 e. The lowest BCUT2D eigenvalue weighted by molar-refractivity contribution is 0.577. The van der Waals surface area contributed by atoms with Crippen molar-refractivity contribution in [3.8, 4) is 0 Å². The van der Waals surface area contributed by atoms with Gasteiger partial charge in [0.25, 0.3) is 0 Å². The average molecular weight is 576 g/mol. The fourth-order valence-corrected chi connectivity index (χ4v) is 9.19. The van der Waals surface area contributed by atoms with Crippen LogP contribution in [0.25, 0.3) is 15.7 Å². The Bertz CT molecular complexity index is 1990. The molecule has 43 heavy (non-hydrogen) atoms. The molecule has 0 fully saturated rings. The Labute approximate surface area is 259 Å². The highest BCUT2D eigenvalue weighted by Crippen LogP contribution is 2.59. The van der Waals surface area contributed by atoms with Gasteiger partial charge in [0.05, 0.1) is 0 Å². The fourth-order valence-electron chi connectivity index (χ4n) is 7.78. The second-order valence-electron chi connectivity index (χ2n) is 13.3. The molecule has 3 aliphatic rings. The molecule has 0 radical (unpaired) electrons. The van der Waals surface area contributed by atoms with Crippen molar-refractivity contribution in [3.05, 3.63) is 154 Å². The van der Waals surface area contributed by atoms with Crippen LogP contribution in [0.5, 0.6) is 0 Å². The van der Waals surface area contributed by atoms with Gasteiger partial charge in [-0.15, -0.1) is 11.3 Å². The molecule has 0 bridgehead atoms. The Balaban J connectivity index is 1.28. The predicted molar refractivity (Wildman–Crippen MR) is 185 cm³/mol. The first-order valence-corrected chi connectivity index (χ1v) is 16.4. The van der Waals surface area contributed by atoms with E-state index in [2.05, 4.69) is 154 Å². The Morgan fingerprint density at radius 3 is 2.35 bits per heavy atom. The second-order valence-corrected chi connectivity index (χ2v) is 14.3. The van der Waals surface area contributed by atoms with Crippen LogP contribution in [0.1, 0.15) is 73.6 Å². The van der Waals surface area contributed by atoms with Crippen molar-refractivity contribution in [2.45, 2.75) is 57.3 Å². The molecule has 0 spiro atoms. The number of hydrogen-bond donors (Lipinski definition) is 0. The minimum absolute atomic E-state index is 0.00529. The molecular weight excluding hydrogens is 539 g/mol. The molecule has 1 heterocycles. The van der Waals surface area contributed by atoms with Crippen LogP contribution in [0.2, 0.25) is 0 Å². The van der Waals surface area contributed by atoms with Crippen LogP contribution < -0.4 is 4.90 Å². The third kappa shape index (κ3) is 4.03. The van der Waals surface area contributed by atoms with Gasteiger partial charge in [0.15, 0.2) is 0 Å². The normalized spacial score (nSPS) is 21.5. The quantitative estimate of drug-likeness (QED) is 0.206. The number of nitrogens with zero attached hydrogens (tertiary/aromatic N) is 1. The summed E-state index contributed by atoms with van der Waals surface area (Å²) in [5.74, 6) is 0.520. The van der Waals surface area contributed by atoms with E-state index in [9.17, 15) is 0 Å². The van der Waals surface area contributed by atoms with Crippen molar-refractivity contribution in [3.63, 3.8) is 0 Å². The molecule has 3 aliphatic carbocycles. The fraction of sp³-hybridized carbons (Fsp3) is 0.220. The van der Waals surface area contributed by atoms with Crippen molar-refractivity contribution < 1.29 is 0 Å². The highest BCUT2D eigenvalue weighted by atomic mass is 32.1. The van der Waals surface area contributed by atoms with Gasteiger partial charge >= 0.3 is 0 Å². The lowest BCUT2D eigenvalue weighted by Crippen LogP contribution is -2.21. The first-order chi connectivity index (χ1) is 20.8. The molecule has 0 amide bonds. The van der Waals surface area contributed by atoms with Gasteiger partial charge in [0.1, 0.15) is 0 Å². The van der Waals surface area contributed by atoms with Crippen LogP contribution >= 0.6 is 11.3 Å². The van der Waals surface area contributed by atoms with Crippen LogP contribution in [0.3, 0.4) is 0 Å². The molecule has 0 aliphatic heterocycles. The first kappa shape index (κ1) is 26.5. The second kappa shape index (κ2) is 9.69. The van der Waals surface area contributed by atoms with E-state index in [0.717, 1.165) is 12.8 Å². The van der Waals surface area contributed by atoms with Crippen LogP contribution in [-0.4, -0.2) is 0 Å². The van der Waals surface area contributed by atoms with Crippen molar-refractivity contribution >= 4 is 44.1 Å². The van der Waals surface area contributed by atoms with Crippen LogP contribution in [-0.2, 0) is 10.8 Å². The van der Waals surface area contributed by atoms with E-state index in [-0.39, 0.29) is 10.8 Å². The van der Waals surface area contributed by atoms with Gasteiger partial charge in [-0.3, -0.25) is 0 Å². The standard InChI is InChI=1S/C41H37NS/c1-27-24-35-38(39-37(27)33-18-9-10-19-36(33)43-39)32-21-20-31(26-34(32)40(35,2)3)42(29-15-7-5-8-16-29)30-17-13-14-28(25-30)41(4)22-11-6-12-23-41/h5-22,25-27H,23-24H2,1-4H3. The summed E-state index contributed by atoms with van der Waals surface area (Å²) in [6.45, 7) is 9.66. The molecule has 1 aromatic heterocycles. The number of hydrogen-bond acceptors (Lipinski definition) is 2. The first-order valence-electron chi connectivity index (χ1n) is 15.6. The zero-order chi connectivity index (χ0) is 29.3. The summed E-state index contributed by atoms with van der Waals surface area (Å²) in [4.78, 5) is 3.93. The maximum absolute atomic E-state index is 2.48. The number of fused-ring (bicyclic) bond motifs is 6. The Morgan fingerprint density at radius 1 is 0.767 bits per heavy atom. The minimum Gasteiger partial charge on any atom is -0.310 e. The van der Waals surface area contributed by atoms with Gasteiger partial charge in [-0.2, -0.15) is 0 Å². The van der Waals surface area contributed by atoms with E-state index in [1.807, 2.05) is 11.3 Å². The highest BCUT2D eigenvalue weighted by Gasteiger charge is 2.43. The Hall–Kier alpha value is -4.14. The van der Waals surface area contributed by atoms with Gasteiger partial charge in [-0.25, -0.2) is 0 Å². The van der Waals surface area contributed by atoms with Gasteiger partial charge in [-0.05, 0) is 94.4 Å². The maximum Gasteiger partial charge on any atom is 0.0465 e. The molecule has 4 aromatic carbocycles. The zero-order valence-electron chi connectivity index (χ0n) is 25.4. The molecule has 5 aromatic rings. The molecular formula is C41H37NS. The molecule has 8 rings (SSSR count). The van der Waals surface area contributed by atoms with Crippen molar-refractivity contribution in [2.75, 3.05) is 4.90 Å². The number of anilines is 3. The third-order valence-corrected chi connectivity index (χ3v) is 11.4. The lowest BCUT2D eigenvalue weighted by Gasteiger charge is -2.32. The van der Waals surface area contributed by atoms with E-state index >= 15 is 0 Å². The predicted octanol–water partition coefficient (Wildman–Crippen LogP) is 11.7. The zero-order valence-corrected chi connectivity index (χ0v) is 26.2. The summed E-state index contributed by atoms with van der Waals surface area (Å²) in [5, 5.41) is 1.44. The summed E-state index contributed by atoms with van der Waals surface area (Å²) < 4.78 is 1.41. The van der Waals surface area contributed by atoms with E-state index in [4.69, 9.17) is 0 Å². The van der Waals surface area contributed by atoms with Crippen LogP contribution in [0, 0.1) is 0 Å². The maximum atomic E-state index is 2.48. The number of para-hydroxylation sites is 1. The van der Waals surface area contributed by atoms with Crippen LogP contribution in [0.4, 0.5) is 17.1 Å². The summed E-state index contributed by atoms with van der Waals surface area (Å²) in [6.07, 6.45) is 11.1. The van der Waals surface area contributed by atoms with E-state index in [1.165, 1.54) is 54.3 Å². The molecule has 2 atom stereocenters. The Kier molecular flexibility index (Phi) is 5.97. The van der Waals surface area contributed by atoms with E-state index in [0.29, 0.717) is 5.92 Å². The van der Waals surface area contributed by atoms with Crippen molar-refractivity contribution in [2.24, 2.45) is 0 Å². The third-order valence-electron chi connectivity index (χ3n) is 10.2. The van der Waals surface area contributed by atoms with E-state index in [1.54, 1.807) is 11.1 Å². The largest absolute Gasteiger partial charge is 0.310 e. The number of thiophene rings is 1. The number of benzene rings is 4. The SMILES string of the molecule is CC1CC2=C(c3ccc(N(c4ccccc4)c4cccc(C5(C)C=CC=CC5)c4)cc3C2(C)C)c2sc3ccccc3c21. The summed E-state index contributed by atoms with van der Waals surface area (Å²) in [7, 11) is 0. The van der Waals surface area contributed by atoms with Crippen molar-refractivity contribution in [1.82, 2.24) is 0 Å². The lowest BCUT2D eigenvalue weighted by atomic mass is 9.74.